The van der Waals surface area contributed by atoms with E-state index in [9.17, 15) is 4.79 Å². The number of hydrogen-bond acceptors (Lipinski definition) is 2. The van der Waals surface area contributed by atoms with Crippen LogP contribution in [-0.2, 0) is 4.79 Å². The topological polar surface area (TPSA) is 55.1 Å². The number of fused-ring (bicyclic) bond motifs is 1. The van der Waals surface area contributed by atoms with E-state index in [2.05, 4.69) is 5.32 Å². The van der Waals surface area contributed by atoms with Crippen LogP contribution in [0, 0.1) is 17.8 Å². The van der Waals surface area contributed by atoms with Crippen LogP contribution in [0.15, 0.2) is 0 Å². The van der Waals surface area contributed by atoms with Gasteiger partial charge < -0.3 is 11.1 Å². The molecular formula is C12H22N2O. The summed E-state index contributed by atoms with van der Waals surface area (Å²) in [6, 6.07) is 0. The van der Waals surface area contributed by atoms with Gasteiger partial charge in [-0.15, -0.1) is 0 Å². The summed E-state index contributed by atoms with van der Waals surface area (Å²) >= 11 is 0. The Bertz CT molecular complexity index is 220. The quantitative estimate of drug-likeness (QED) is 0.649. The average Bonchev–Trinajstić information content (AvgIpc) is 2.85. The van der Waals surface area contributed by atoms with E-state index in [-0.39, 0.29) is 0 Å². The van der Waals surface area contributed by atoms with Crippen LogP contribution in [0.4, 0.5) is 0 Å². The molecule has 86 valence electrons. The molecule has 0 radical (unpaired) electrons. The summed E-state index contributed by atoms with van der Waals surface area (Å²) in [6.45, 7) is 1.60. The Labute approximate surface area is 91.8 Å². The van der Waals surface area contributed by atoms with Gasteiger partial charge in [0.2, 0.25) is 5.91 Å². The van der Waals surface area contributed by atoms with Crippen molar-refractivity contribution in [2.24, 2.45) is 23.5 Å². The molecule has 0 saturated heterocycles. The highest BCUT2D eigenvalue weighted by Gasteiger charge is 2.47. The van der Waals surface area contributed by atoms with Crippen LogP contribution in [0.3, 0.4) is 0 Å². The Morgan fingerprint density at radius 2 is 1.87 bits per heavy atom. The summed E-state index contributed by atoms with van der Waals surface area (Å²) in [5.74, 6) is 2.44. The third-order valence-electron chi connectivity index (χ3n) is 3.79. The Balaban J connectivity index is 1.53. The van der Waals surface area contributed by atoms with Gasteiger partial charge in [-0.05, 0) is 50.5 Å². The molecule has 2 atom stereocenters. The van der Waals surface area contributed by atoms with Crippen LogP contribution in [0.1, 0.15) is 38.5 Å². The van der Waals surface area contributed by atoms with E-state index in [4.69, 9.17) is 5.73 Å². The molecule has 3 nitrogen and oxygen atoms in total. The number of carbonyl (C=O) groups is 1. The number of carbonyl (C=O) groups excluding carboxylic acids is 1. The standard InChI is InChI=1S/C12H22N2O/c13-4-2-1-3-5-14-12(15)11-7-9-6-10(9)8-11/h9-11H,1-8,13H2,(H,14,15). The predicted molar refractivity (Wildman–Crippen MR) is 60.2 cm³/mol. The number of rotatable bonds is 6. The molecular weight excluding hydrogens is 188 g/mol. The fourth-order valence-corrected chi connectivity index (χ4v) is 2.73. The molecule has 2 unspecified atom stereocenters. The van der Waals surface area contributed by atoms with E-state index < -0.39 is 0 Å². The molecule has 0 aromatic rings. The molecule has 1 amide bonds. The van der Waals surface area contributed by atoms with Crippen molar-refractivity contribution < 1.29 is 4.79 Å². The van der Waals surface area contributed by atoms with E-state index in [1.54, 1.807) is 0 Å². The Kier molecular flexibility index (Phi) is 3.62. The average molecular weight is 210 g/mol. The highest BCUT2D eigenvalue weighted by molar-refractivity contribution is 5.79. The van der Waals surface area contributed by atoms with Gasteiger partial charge in [0.25, 0.3) is 0 Å². The van der Waals surface area contributed by atoms with Crippen LogP contribution in [0.5, 0.6) is 0 Å². The maximum Gasteiger partial charge on any atom is 0.223 e. The van der Waals surface area contributed by atoms with Gasteiger partial charge in [0.1, 0.15) is 0 Å². The van der Waals surface area contributed by atoms with Crippen LogP contribution in [0.2, 0.25) is 0 Å². The van der Waals surface area contributed by atoms with E-state index >= 15 is 0 Å². The molecule has 0 aromatic carbocycles. The highest BCUT2D eigenvalue weighted by atomic mass is 16.1. The Morgan fingerprint density at radius 1 is 1.13 bits per heavy atom. The molecule has 2 fully saturated rings. The largest absolute Gasteiger partial charge is 0.356 e. The lowest BCUT2D eigenvalue weighted by Crippen LogP contribution is -2.30. The molecule has 2 rings (SSSR count). The molecule has 0 spiro atoms. The van der Waals surface area contributed by atoms with Gasteiger partial charge in [-0.25, -0.2) is 0 Å². The minimum absolute atomic E-state index is 0.301. The van der Waals surface area contributed by atoms with Crippen molar-refractivity contribution in [2.45, 2.75) is 38.5 Å². The molecule has 2 saturated carbocycles. The molecule has 0 aromatic heterocycles. The minimum Gasteiger partial charge on any atom is -0.356 e. The fourth-order valence-electron chi connectivity index (χ4n) is 2.73. The van der Waals surface area contributed by atoms with Crippen molar-refractivity contribution in [3.8, 4) is 0 Å². The van der Waals surface area contributed by atoms with Crippen molar-refractivity contribution in [3.05, 3.63) is 0 Å². The van der Waals surface area contributed by atoms with Crippen molar-refractivity contribution in [2.75, 3.05) is 13.1 Å². The van der Waals surface area contributed by atoms with Gasteiger partial charge in [0.05, 0.1) is 0 Å². The maximum atomic E-state index is 11.7. The van der Waals surface area contributed by atoms with Crippen molar-refractivity contribution >= 4 is 5.91 Å². The summed E-state index contributed by atoms with van der Waals surface area (Å²) in [6.07, 6.45) is 6.97. The van der Waals surface area contributed by atoms with E-state index in [1.165, 1.54) is 6.42 Å². The molecule has 2 aliphatic rings. The van der Waals surface area contributed by atoms with Gasteiger partial charge in [-0.2, -0.15) is 0 Å². The van der Waals surface area contributed by atoms with Gasteiger partial charge >= 0.3 is 0 Å². The van der Waals surface area contributed by atoms with E-state index in [0.717, 1.165) is 57.0 Å². The SMILES string of the molecule is NCCCCCNC(=O)C1CC2CC2C1. The number of hydrogen-bond donors (Lipinski definition) is 2. The van der Waals surface area contributed by atoms with Crippen molar-refractivity contribution in [3.63, 3.8) is 0 Å². The van der Waals surface area contributed by atoms with Gasteiger partial charge in [-0.3, -0.25) is 4.79 Å². The Hall–Kier alpha value is -0.570. The van der Waals surface area contributed by atoms with Crippen LogP contribution in [0.25, 0.3) is 0 Å². The molecule has 0 aliphatic heterocycles. The first-order chi connectivity index (χ1) is 7.31. The molecule has 3 heteroatoms. The molecule has 15 heavy (non-hydrogen) atoms. The zero-order chi connectivity index (χ0) is 10.7. The normalized spacial score (nSPS) is 32.5. The van der Waals surface area contributed by atoms with Crippen LogP contribution in [-0.4, -0.2) is 19.0 Å². The lowest BCUT2D eigenvalue weighted by Gasteiger charge is -2.11. The predicted octanol–water partition coefficient (Wildman–Crippen LogP) is 1.28. The molecule has 2 aliphatic carbocycles. The molecule has 0 bridgehead atoms. The molecule has 3 N–H and O–H groups in total. The third-order valence-corrected chi connectivity index (χ3v) is 3.79. The van der Waals surface area contributed by atoms with Crippen LogP contribution >= 0.6 is 0 Å². The summed E-state index contributed by atoms with van der Waals surface area (Å²) in [5, 5.41) is 3.04. The van der Waals surface area contributed by atoms with Gasteiger partial charge in [-0.1, -0.05) is 6.42 Å². The van der Waals surface area contributed by atoms with Crippen molar-refractivity contribution in [1.29, 1.82) is 0 Å². The first kappa shape index (κ1) is 10.9. The Morgan fingerprint density at radius 3 is 2.53 bits per heavy atom. The summed E-state index contributed by atoms with van der Waals surface area (Å²) < 4.78 is 0. The first-order valence-electron chi connectivity index (χ1n) is 6.29. The number of unbranched alkanes of at least 4 members (excludes halogenated alkanes) is 2. The highest BCUT2D eigenvalue weighted by Crippen LogP contribution is 2.54. The minimum atomic E-state index is 0.301. The number of nitrogens with two attached hydrogens (primary N) is 1. The first-order valence-corrected chi connectivity index (χ1v) is 6.29. The second-order valence-corrected chi connectivity index (χ2v) is 5.06. The van der Waals surface area contributed by atoms with Crippen molar-refractivity contribution in [1.82, 2.24) is 5.32 Å². The molecule has 0 heterocycles. The lowest BCUT2D eigenvalue weighted by atomic mass is 10.0. The third kappa shape index (κ3) is 2.94. The summed E-state index contributed by atoms with van der Waals surface area (Å²) in [4.78, 5) is 11.7. The van der Waals surface area contributed by atoms with Gasteiger partial charge in [0, 0.05) is 12.5 Å². The summed E-state index contributed by atoms with van der Waals surface area (Å²) in [5.41, 5.74) is 5.40. The van der Waals surface area contributed by atoms with Gasteiger partial charge in [0.15, 0.2) is 0 Å². The lowest BCUT2D eigenvalue weighted by molar-refractivity contribution is -0.125. The van der Waals surface area contributed by atoms with E-state index in [0.29, 0.717) is 11.8 Å². The monoisotopic (exact) mass is 210 g/mol. The zero-order valence-corrected chi connectivity index (χ0v) is 9.37. The second kappa shape index (κ2) is 4.97. The maximum absolute atomic E-state index is 11.7. The van der Waals surface area contributed by atoms with Crippen LogP contribution < -0.4 is 11.1 Å². The summed E-state index contributed by atoms with van der Waals surface area (Å²) in [7, 11) is 0. The number of nitrogens with one attached hydrogen (secondary N) is 1. The fraction of sp³-hybridized carbons (Fsp3) is 0.917. The number of amides is 1. The zero-order valence-electron chi connectivity index (χ0n) is 9.37. The second-order valence-electron chi connectivity index (χ2n) is 5.06. The van der Waals surface area contributed by atoms with E-state index in [1.807, 2.05) is 0 Å². The smallest absolute Gasteiger partial charge is 0.223 e.